The first-order valence-electron chi connectivity index (χ1n) is 6.39. The number of nitrogens with one attached hydrogen (secondary N) is 1. The van der Waals surface area contributed by atoms with Gasteiger partial charge in [-0.25, -0.2) is 0 Å². The van der Waals surface area contributed by atoms with Crippen LogP contribution in [0.2, 0.25) is 0 Å². The fourth-order valence-electron chi connectivity index (χ4n) is 1.27. The van der Waals surface area contributed by atoms with Crippen molar-refractivity contribution in [3.8, 4) is 0 Å². The molecule has 0 radical (unpaired) electrons. The molecule has 1 amide bonds. The summed E-state index contributed by atoms with van der Waals surface area (Å²) in [6.45, 7) is 2.50. The molecule has 8 nitrogen and oxygen atoms in total. The zero-order valence-corrected chi connectivity index (χ0v) is 13.0. The summed E-state index contributed by atoms with van der Waals surface area (Å²) in [7, 11) is 0. The maximum absolute atomic E-state index is 11.5. The van der Waals surface area contributed by atoms with Crippen molar-refractivity contribution < 1.29 is 29.0 Å². The highest BCUT2D eigenvalue weighted by Crippen LogP contribution is 2.08. The molecule has 9 heteroatoms. The van der Waals surface area contributed by atoms with Crippen LogP contribution in [0.25, 0.3) is 0 Å². The van der Waals surface area contributed by atoms with Gasteiger partial charge in [0.2, 0.25) is 5.91 Å². The van der Waals surface area contributed by atoms with Gasteiger partial charge in [0, 0.05) is 31.9 Å². The molecule has 0 aromatic carbocycles. The first-order chi connectivity index (χ1) is 9.86. The monoisotopic (exact) mass is 322 g/mol. The van der Waals surface area contributed by atoms with Crippen LogP contribution in [0.1, 0.15) is 13.8 Å². The molecule has 0 saturated heterocycles. The second-order valence-corrected chi connectivity index (χ2v) is 5.27. The van der Waals surface area contributed by atoms with E-state index >= 15 is 0 Å². The smallest absolute Gasteiger partial charge is 0.303 e. The van der Waals surface area contributed by atoms with Crippen molar-refractivity contribution in [1.29, 1.82) is 0 Å². The zero-order valence-electron chi connectivity index (χ0n) is 12.2. The molecule has 0 heterocycles. The number of aliphatic hydroxyl groups excluding tert-OH is 1. The van der Waals surface area contributed by atoms with Gasteiger partial charge in [0.1, 0.15) is 12.7 Å². The molecule has 21 heavy (non-hydrogen) atoms. The highest BCUT2D eigenvalue weighted by atomic mass is 32.2. The number of ether oxygens (including phenoxy) is 2. The summed E-state index contributed by atoms with van der Waals surface area (Å²) in [5.74, 6) is -0.626. The van der Waals surface area contributed by atoms with E-state index in [2.05, 4.69) is 5.32 Å². The minimum absolute atomic E-state index is 0.0339. The van der Waals surface area contributed by atoms with Crippen molar-refractivity contribution in [3.63, 3.8) is 0 Å². The van der Waals surface area contributed by atoms with Crippen LogP contribution >= 0.6 is 11.8 Å². The van der Waals surface area contributed by atoms with E-state index in [-0.39, 0.29) is 25.7 Å². The van der Waals surface area contributed by atoms with E-state index in [1.165, 1.54) is 25.6 Å². The third kappa shape index (κ3) is 11.1. The fraction of sp³-hybridized carbons (Fsp3) is 0.750. The van der Waals surface area contributed by atoms with Gasteiger partial charge in [-0.1, -0.05) is 0 Å². The zero-order chi connectivity index (χ0) is 16.3. The number of amides is 1. The van der Waals surface area contributed by atoms with E-state index in [0.717, 1.165) is 0 Å². The summed E-state index contributed by atoms with van der Waals surface area (Å²) < 4.78 is 9.79. The van der Waals surface area contributed by atoms with Crippen LogP contribution < -0.4 is 11.1 Å². The van der Waals surface area contributed by atoms with Gasteiger partial charge in [0.05, 0.1) is 12.6 Å². The second kappa shape index (κ2) is 11.4. The van der Waals surface area contributed by atoms with Crippen LogP contribution in [0, 0.1) is 0 Å². The third-order valence-electron chi connectivity index (χ3n) is 2.15. The van der Waals surface area contributed by atoms with E-state index in [0.29, 0.717) is 11.5 Å². The van der Waals surface area contributed by atoms with Crippen LogP contribution in [0.3, 0.4) is 0 Å². The molecule has 4 N–H and O–H groups in total. The van der Waals surface area contributed by atoms with E-state index < -0.39 is 24.1 Å². The molecule has 2 atom stereocenters. The summed E-state index contributed by atoms with van der Waals surface area (Å²) >= 11 is 1.31. The van der Waals surface area contributed by atoms with Crippen LogP contribution in [0.15, 0.2) is 0 Å². The number of carbonyl (C=O) groups is 3. The maximum Gasteiger partial charge on any atom is 0.303 e. The molecule has 0 aromatic heterocycles. The first-order valence-corrected chi connectivity index (χ1v) is 7.54. The van der Waals surface area contributed by atoms with Crippen LogP contribution in [0.4, 0.5) is 0 Å². The normalized spacial score (nSPS) is 13.1. The predicted molar refractivity (Wildman–Crippen MR) is 77.6 cm³/mol. The molecule has 122 valence electrons. The lowest BCUT2D eigenvalue weighted by Gasteiger charge is -2.17. The number of hydrogen-bond donors (Lipinski definition) is 3. The Morgan fingerprint density at radius 3 is 2.43 bits per heavy atom. The van der Waals surface area contributed by atoms with Crippen molar-refractivity contribution >= 4 is 29.6 Å². The molecule has 0 aliphatic heterocycles. The average molecular weight is 322 g/mol. The molecule has 0 aliphatic rings. The molecular formula is C12H22N2O6S. The standard InChI is InChI=1S/C12H22N2O6S/c1-8(16)19-5-10(20-9(2)17)6-21-7-11(13)12(18)14-3-4-15/h10-11,15H,3-7,13H2,1-2H3,(H,14,18)/t10-,11+/m1/s1. The number of thioether (sulfide) groups is 1. The van der Waals surface area contributed by atoms with E-state index in [1.54, 1.807) is 0 Å². The lowest BCUT2D eigenvalue weighted by atomic mass is 10.3. The molecule has 0 bridgehead atoms. The topological polar surface area (TPSA) is 128 Å². The SMILES string of the molecule is CC(=O)OC[C@H](CSC[C@H](N)C(=O)NCCO)OC(C)=O. The average Bonchev–Trinajstić information content (AvgIpc) is 2.40. The largest absolute Gasteiger partial charge is 0.462 e. The van der Waals surface area contributed by atoms with Gasteiger partial charge in [-0.15, -0.1) is 0 Å². The van der Waals surface area contributed by atoms with E-state index in [1.807, 2.05) is 0 Å². The third-order valence-corrected chi connectivity index (χ3v) is 3.36. The predicted octanol–water partition coefficient (Wildman–Crippen LogP) is -1.35. The van der Waals surface area contributed by atoms with E-state index in [9.17, 15) is 14.4 Å². The Morgan fingerprint density at radius 1 is 1.24 bits per heavy atom. The van der Waals surface area contributed by atoms with Crippen molar-refractivity contribution in [2.75, 3.05) is 31.3 Å². The Morgan fingerprint density at radius 2 is 1.90 bits per heavy atom. The van der Waals surface area contributed by atoms with E-state index in [4.69, 9.17) is 20.3 Å². The molecule has 0 aromatic rings. The van der Waals surface area contributed by atoms with Crippen molar-refractivity contribution in [2.45, 2.75) is 26.0 Å². The van der Waals surface area contributed by atoms with Gasteiger partial charge >= 0.3 is 11.9 Å². The minimum Gasteiger partial charge on any atom is -0.462 e. The number of hydrogen-bond acceptors (Lipinski definition) is 8. The lowest BCUT2D eigenvalue weighted by Crippen LogP contribution is -2.43. The van der Waals surface area contributed by atoms with Gasteiger partial charge in [-0.05, 0) is 0 Å². The van der Waals surface area contributed by atoms with Crippen molar-refractivity contribution in [1.82, 2.24) is 5.32 Å². The quantitative estimate of drug-likeness (QED) is 0.421. The molecule has 0 unspecified atom stereocenters. The molecule has 0 fully saturated rings. The number of rotatable bonds is 10. The van der Waals surface area contributed by atoms with Crippen LogP contribution in [0.5, 0.6) is 0 Å². The summed E-state index contributed by atoms with van der Waals surface area (Å²) in [6.07, 6.45) is -0.580. The highest BCUT2D eigenvalue weighted by Gasteiger charge is 2.17. The Hall–Kier alpha value is -1.32. The number of esters is 2. The lowest BCUT2D eigenvalue weighted by molar-refractivity contribution is -0.154. The van der Waals surface area contributed by atoms with Crippen LogP contribution in [-0.2, 0) is 23.9 Å². The summed E-state index contributed by atoms with van der Waals surface area (Å²) in [5.41, 5.74) is 5.66. The molecule has 0 rings (SSSR count). The van der Waals surface area contributed by atoms with Crippen molar-refractivity contribution in [2.24, 2.45) is 5.73 Å². The van der Waals surface area contributed by atoms with Crippen molar-refractivity contribution in [3.05, 3.63) is 0 Å². The summed E-state index contributed by atoms with van der Waals surface area (Å²) in [5, 5.41) is 11.0. The number of nitrogens with two attached hydrogens (primary N) is 1. The molecular weight excluding hydrogens is 300 g/mol. The Labute approximate surface area is 127 Å². The van der Waals surface area contributed by atoms with Gasteiger partial charge in [-0.3, -0.25) is 14.4 Å². The van der Waals surface area contributed by atoms with Gasteiger partial charge in [0.25, 0.3) is 0 Å². The minimum atomic E-state index is -0.728. The summed E-state index contributed by atoms with van der Waals surface area (Å²) in [4.78, 5) is 33.1. The Balaban J connectivity index is 4.07. The maximum atomic E-state index is 11.5. The molecule has 0 spiro atoms. The second-order valence-electron chi connectivity index (χ2n) is 4.19. The van der Waals surface area contributed by atoms with Gasteiger partial charge in [-0.2, -0.15) is 11.8 Å². The summed E-state index contributed by atoms with van der Waals surface area (Å²) in [6, 6.07) is -0.728. The fourth-order valence-corrected chi connectivity index (χ4v) is 2.24. The van der Waals surface area contributed by atoms with Gasteiger partial charge in [0.15, 0.2) is 0 Å². The molecule has 0 aliphatic carbocycles. The van der Waals surface area contributed by atoms with Gasteiger partial charge < -0.3 is 25.6 Å². The first kappa shape index (κ1) is 19.7. The number of aliphatic hydroxyl groups is 1. The Kier molecular flexibility index (Phi) is 10.6. The molecule has 0 saturated carbocycles. The van der Waals surface area contributed by atoms with Crippen LogP contribution in [-0.4, -0.2) is 66.4 Å². The number of carbonyl (C=O) groups excluding carboxylic acids is 3. The highest BCUT2D eigenvalue weighted by molar-refractivity contribution is 7.99. The Bertz CT molecular complexity index is 353.